The first-order chi connectivity index (χ1) is 37.5. The van der Waals surface area contributed by atoms with E-state index in [4.69, 9.17) is 18.5 Å². The van der Waals surface area contributed by atoms with Crippen molar-refractivity contribution in [2.75, 3.05) is 47.5 Å². The number of rotatable bonds is 55. The second kappa shape index (κ2) is 57.1. The fourth-order valence-corrected chi connectivity index (χ4v) is 8.74. The number of phosphoric ester groups is 1. The summed E-state index contributed by atoms with van der Waals surface area (Å²) in [6, 6.07) is 0. The van der Waals surface area contributed by atoms with Gasteiger partial charge in [0.25, 0.3) is 0 Å². The Kier molecular flexibility index (Phi) is 54.4. The van der Waals surface area contributed by atoms with E-state index in [1.54, 1.807) is 0 Å². The van der Waals surface area contributed by atoms with E-state index in [-0.39, 0.29) is 32.0 Å². The highest BCUT2D eigenvalue weighted by Gasteiger charge is 2.27. The number of hydrogen-bond donors (Lipinski definition) is 1. The molecule has 77 heavy (non-hydrogen) atoms. The maximum absolute atomic E-state index is 12.8. The van der Waals surface area contributed by atoms with Gasteiger partial charge in [-0.2, -0.15) is 0 Å². The second-order valence-corrected chi connectivity index (χ2v) is 22.8. The number of unbranched alkanes of at least 4 members (excludes halogenated alkanes) is 21. The van der Waals surface area contributed by atoms with Crippen LogP contribution in [0.1, 0.15) is 239 Å². The fourth-order valence-electron chi connectivity index (χ4n) is 8.00. The molecule has 0 aromatic carbocycles. The molecule has 0 aromatic heterocycles. The van der Waals surface area contributed by atoms with Crippen LogP contribution in [-0.2, 0) is 32.7 Å². The molecule has 10 heteroatoms. The smallest absolute Gasteiger partial charge is 0.462 e. The minimum absolute atomic E-state index is 0.0262. The number of quaternary nitrogens is 1. The molecule has 0 amide bonds. The van der Waals surface area contributed by atoms with Crippen LogP contribution in [0, 0.1) is 0 Å². The molecule has 0 saturated carbocycles. The lowest BCUT2D eigenvalue weighted by atomic mass is 10.0. The molecule has 0 aromatic rings. The fraction of sp³-hybridized carbons (Fsp3) is 0.672. The molecular weight excluding hydrogens is 978 g/mol. The Bertz CT molecular complexity index is 1710. The number of phosphoric acid groups is 1. The van der Waals surface area contributed by atoms with Crippen molar-refractivity contribution in [2.24, 2.45) is 0 Å². The summed E-state index contributed by atoms with van der Waals surface area (Å²) in [5.74, 6) is -0.813. The zero-order valence-corrected chi connectivity index (χ0v) is 50.8. The van der Waals surface area contributed by atoms with Gasteiger partial charge in [-0.15, -0.1) is 0 Å². The summed E-state index contributed by atoms with van der Waals surface area (Å²) in [6.45, 7) is 4.27. The quantitative estimate of drug-likeness (QED) is 0.0211. The van der Waals surface area contributed by atoms with E-state index in [9.17, 15) is 19.0 Å². The normalized spacial score (nSPS) is 14.1. The first kappa shape index (κ1) is 73.4. The van der Waals surface area contributed by atoms with Gasteiger partial charge < -0.3 is 18.9 Å². The van der Waals surface area contributed by atoms with Gasteiger partial charge in [-0.1, -0.05) is 238 Å². The highest BCUT2D eigenvalue weighted by molar-refractivity contribution is 7.47. The Labute approximate surface area is 473 Å². The summed E-state index contributed by atoms with van der Waals surface area (Å²) in [5.41, 5.74) is 0. The number of esters is 2. The van der Waals surface area contributed by atoms with Crippen molar-refractivity contribution in [1.82, 2.24) is 0 Å². The van der Waals surface area contributed by atoms with Gasteiger partial charge in [0, 0.05) is 12.8 Å². The van der Waals surface area contributed by atoms with Crippen molar-refractivity contribution in [1.29, 1.82) is 0 Å². The maximum atomic E-state index is 12.8. The molecule has 2 atom stereocenters. The predicted octanol–water partition coefficient (Wildman–Crippen LogP) is 19.5. The lowest BCUT2D eigenvalue weighted by Gasteiger charge is -2.24. The Morgan fingerprint density at radius 3 is 1.12 bits per heavy atom. The largest absolute Gasteiger partial charge is 0.472 e. The van der Waals surface area contributed by atoms with E-state index in [1.807, 2.05) is 21.1 Å². The van der Waals surface area contributed by atoms with Crippen molar-refractivity contribution in [3.63, 3.8) is 0 Å². The summed E-state index contributed by atoms with van der Waals surface area (Å²) in [4.78, 5) is 35.6. The molecule has 440 valence electrons. The number of carbonyl (C=O) groups is 2. The average Bonchev–Trinajstić information content (AvgIpc) is 3.39. The third-order valence-electron chi connectivity index (χ3n) is 12.7. The molecular formula is C67H115NO8P+. The zero-order chi connectivity index (χ0) is 56.3. The van der Waals surface area contributed by atoms with E-state index in [0.29, 0.717) is 17.4 Å². The maximum Gasteiger partial charge on any atom is 0.472 e. The molecule has 9 nitrogen and oxygen atoms in total. The van der Waals surface area contributed by atoms with Gasteiger partial charge in [-0.25, -0.2) is 4.57 Å². The highest BCUT2D eigenvalue weighted by atomic mass is 31.2. The molecule has 0 aliphatic heterocycles. The molecule has 0 spiro atoms. The van der Waals surface area contributed by atoms with Gasteiger partial charge in [0.05, 0.1) is 27.7 Å². The van der Waals surface area contributed by atoms with Gasteiger partial charge in [-0.3, -0.25) is 18.6 Å². The van der Waals surface area contributed by atoms with E-state index in [0.717, 1.165) is 116 Å². The predicted molar refractivity (Wildman–Crippen MR) is 330 cm³/mol. The summed E-state index contributed by atoms with van der Waals surface area (Å²) < 4.78 is 34.5. The standard InChI is InChI=1S/C67H114NO8P/c1-6-8-10-12-14-16-18-20-21-22-23-24-25-26-27-28-29-30-31-32-33-34-35-36-37-38-39-40-41-42-43-44-45-46-47-48-50-52-54-56-58-60-67(70)76-65(64-75-77(71,72)74-62-61-68(3,4)5)63-73-66(69)59-57-55-53-51-49-19-17-15-13-11-9-7-2/h8,10,14-17,20-21,23-24,26-27,29-30,32-33,35-36,38-39,65H,6-7,9,11-13,18-19,22,25,28,31,34,37,40-64H2,1-5H3/p+1/b10-8-,16-14-,17-15-,21-20-,24-23-,27-26-,30-29-,33-32-,36-35-,39-38-. The Morgan fingerprint density at radius 2 is 0.740 bits per heavy atom. The molecule has 0 heterocycles. The average molecular weight is 1090 g/mol. The first-order valence-electron chi connectivity index (χ1n) is 30.8. The number of allylic oxidation sites excluding steroid dienone is 20. The molecule has 1 N–H and O–H groups in total. The van der Waals surface area contributed by atoms with Gasteiger partial charge >= 0.3 is 19.8 Å². The number of nitrogens with zero attached hydrogens (tertiary/aromatic N) is 1. The summed E-state index contributed by atoms with van der Waals surface area (Å²) in [7, 11) is 1.46. The van der Waals surface area contributed by atoms with Crippen molar-refractivity contribution in [2.45, 2.75) is 245 Å². The Hall–Kier alpha value is -3.59. The minimum Gasteiger partial charge on any atom is -0.462 e. The van der Waals surface area contributed by atoms with Crippen LogP contribution < -0.4 is 0 Å². The monoisotopic (exact) mass is 1090 g/mol. The lowest BCUT2D eigenvalue weighted by Crippen LogP contribution is -2.37. The van der Waals surface area contributed by atoms with Crippen LogP contribution in [0.4, 0.5) is 0 Å². The zero-order valence-electron chi connectivity index (χ0n) is 49.9. The molecule has 0 aliphatic carbocycles. The third kappa shape index (κ3) is 61.5. The van der Waals surface area contributed by atoms with Crippen LogP contribution in [0.15, 0.2) is 122 Å². The van der Waals surface area contributed by atoms with Crippen molar-refractivity contribution in [3.8, 4) is 0 Å². The van der Waals surface area contributed by atoms with Gasteiger partial charge in [-0.05, 0) is 109 Å². The minimum atomic E-state index is -4.39. The summed E-state index contributed by atoms with van der Waals surface area (Å²) >= 11 is 0. The number of carbonyl (C=O) groups excluding carboxylic acids is 2. The van der Waals surface area contributed by atoms with Crippen molar-refractivity contribution >= 4 is 19.8 Å². The number of likely N-dealkylation sites (N-methyl/N-ethyl adjacent to an activating group) is 1. The van der Waals surface area contributed by atoms with E-state index in [2.05, 4.69) is 135 Å². The van der Waals surface area contributed by atoms with E-state index in [1.165, 1.54) is 89.9 Å². The van der Waals surface area contributed by atoms with Gasteiger partial charge in [0.1, 0.15) is 19.8 Å². The molecule has 0 fully saturated rings. The Balaban J connectivity index is 4.01. The Morgan fingerprint density at radius 1 is 0.416 bits per heavy atom. The van der Waals surface area contributed by atoms with Gasteiger partial charge in [0.2, 0.25) is 0 Å². The van der Waals surface area contributed by atoms with Crippen LogP contribution in [0.2, 0.25) is 0 Å². The number of hydrogen-bond acceptors (Lipinski definition) is 7. The van der Waals surface area contributed by atoms with Crippen molar-refractivity contribution in [3.05, 3.63) is 122 Å². The first-order valence-corrected chi connectivity index (χ1v) is 32.3. The van der Waals surface area contributed by atoms with Crippen LogP contribution in [0.5, 0.6) is 0 Å². The van der Waals surface area contributed by atoms with Gasteiger partial charge in [0.15, 0.2) is 6.10 Å². The molecule has 0 saturated heterocycles. The van der Waals surface area contributed by atoms with Crippen LogP contribution in [0.25, 0.3) is 0 Å². The van der Waals surface area contributed by atoms with Crippen molar-refractivity contribution < 1.29 is 42.1 Å². The highest BCUT2D eigenvalue weighted by Crippen LogP contribution is 2.43. The summed E-state index contributed by atoms with van der Waals surface area (Å²) in [5, 5.41) is 0. The molecule has 2 unspecified atom stereocenters. The van der Waals surface area contributed by atoms with E-state index < -0.39 is 26.5 Å². The second-order valence-electron chi connectivity index (χ2n) is 21.4. The van der Waals surface area contributed by atoms with Crippen LogP contribution in [-0.4, -0.2) is 74.9 Å². The molecule has 0 radical (unpaired) electrons. The molecule has 0 aliphatic rings. The van der Waals surface area contributed by atoms with Crippen LogP contribution >= 0.6 is 7.82 Å². The van der Waals surface area contributed by atoms with E-state index >= 15 is 0 Å². The SMILES string of the molecule is CC/C=C\C/C=C\C/C=C\C/C=C\C/C=C\C/C=C\C/C=C\C/C=C\C/C=C\CCCCCCCCCCCCCCCC(=O)OC(COC(=O)CCCCCCC/C=C\CCCCC)COP(=O)(O)OCC[N+](C)(C)C. The van der Waals surface area contributed by atoms with Crippen LogP contribution in [0.3, 0.4) is 0 Å². The molecule has 0 bridgehead atoms. The topological polar surface area (TPSA) is 108 Å². The number of ether oxygens (including phenoxy) is 2. The molecule has 0 rings (SSSR count). The lowest BCUT2D eigenvalue weighted by molar-refractivity contribution is -0.870. The summed E-state index contributed by atoms with van der Waals surface area (Å²) in [6.07, 6.45) is 81.5. The third-order valence-corrected chi connectivity index (χ3v) is 13.7.